The molecular formula is C19H23N3O2. The molecule has 0 bridgehead atoms. The number of carbonyl (C=O) groups excluding carboxylic acids is 1. The summed E-state index contributed by atoms with van der Waals surface area (Å²) in [6.45, 7) is 1.59. The van der Waals surface area contributed by atoms with Crippen LogP contribution >= 0.6 is 0 Å². The number of aromatic nitrogens is 2. The third kappa shape index (κ3) is 3.52. The van der Waals surface area contributed by atoms with E-state index in [0.717, 1.165) is 38.2 Å². The van der Waals surface area contributed by atoms with E-state index < -0.39 is 6.61 Å². The highest BCUT2D eigenvalue weighted by atomic mass is 16.3. The maximum atomic E-state index is 11.5. The molecule has 5 heteroatoms. The van der Waals surface area contributed by atoms with Crippen molar-refractivity contribution < 1.29 is 9.90 Å². The summed E-state index contributed by atoms with van der Waals surface area (Å²) >= 11 is 0. The van der Waals surface area contributed by atoms with Crippen LogP contribution in [0, 0.1) is 0 Å². The summed E-state index contributed by atoms with van der Waals surface area (Å²) in [5, 5.41) is 8.92. The van der Waals surface area contributed by atoms with Gasteiger partial charge in [0.1, 0.15) is 12.4 Å². The first-order chi connectivity index (χ1) is 11.6. The Morgan fingerprint density at radius 1 is 1.17 bits per heavy atom. The quantitative estimate of drug-likeness (QED) is 0.850. The molecule has 1 aromatic heterocycles. The maximum absolute atomic E-state index is 11.5. The van der Waals surface area contributed by atoms with E-state index in [-0.39, 0.29) is 11.2 Å². The number of aliphatic hydroxyl groups excluding tert-OH is 1. The van der Waals surface area contributed by atoms with E-state index >= 15 is 0 Å². The molecule has 1 aliphatic heterocycles. The number of benzene rings is 1. The Morgan fingerprint density at radius 3 is 2.38 bits per heavy atom. The average Bonchev–Trinajstić information content (AvgIpc) is 2.64. The van der Waals surface area contributed by atoms with E-state index in [1.165, 1.54) is 18.0 Å². The lowest BCUT2D eigenvalue weighted by atomic mass is 9.70. The average molecular weight is 325 g/mol. The first-order valence-corrected chi connectivity index (χ1v) is 8.32. The van der Waals surface area contributed by atoms with Crippen molar-refractivity contribution in [2.24, 2.45) is 0 Å². The lowest BCUT2D eigenvalue weighted by molar-refractivity contribution is 0.0903. The Hall–Kier alpha value is -2.11. The molecule has 126 valence electrons. The van der Waals surface area contributed by atoms with Crippen LogP contribution in [0.1, 0.15) is 34.6 Å². The Bertz CT molecular complexity index is 678. The van der Waals surface area contributed by atoms with Crippen molar-refractivity contribution in [1.29, 1.82) is 0 Å². The van der Waals surface area contributed by atoms with E-state index in [4.69, 9.17) is 5.11 Å². The summed E-state index contributed by atoms with van der Waals surface area (Å²) in [5.74, 6) is 0.400. The zero-order valence-electron chi connectivity index (χ0n) is 14.0. The molecule has 1 aromatic carbocycles. The van der Waals surface area contributed by atoms with Gasteiger partial charge in [0.2, 0.25) is 0 Å². The van der Waals surface area contributed by atoms with Crippen LogP contribution in [0.2, 0.25) is 0 Å². The molecule has 0 spiro atoms. The van der Waals surface area contributed by atoms with E-state index in [1.807, 2.05) is 6.07 Å². The highest BCUT2D eigenvalue weighted by Gasteiger charge is 2.36. The Balaban J connectivity index is 1.86. The molecule has 1 fully saturated rings. The monoisotopic (exact) mass is 325 g/mol. The predicted octanol–water partition coefficient (Wildman–Crippen LogP) is 1.86. The van der Waals surface area contributed by atoms with Gasteiger partial charge in [0.05, 0.1) is 5.56 Å². The number of carbonyl (C=O) groups is 1. The molecule has 0 amide bonds. The fourth-order valence-electron chi connectivity index (χ4n) is 3.39. The second-order valence-corrected chi connectivity index (χ2v) is 6.60. The molecule has 0 saturated carbocycles. The number of ketones is 1. The normalized spacial score (nSPS) is 17.6. The summed E-state index contributed by atoms with van der Waals surface area (Å²) in [4.78, 5) is 22.6. The number of piperidine rings is 1. The number of Topliss-reactive ketones (excluding diaryl/α,β-unsaturated/α-hetero) is 1. The third-order valence-electron chi connectivity index (χ3n) is 5.00. The van der Waals surface area contributed by atoms with Crippen molar-refractivity contribution in [1.82, 2.24) is 14.9 Å². The van der Waals surface area contributed by atoms with Crippen molar-refractivity contribution in [3.63, 3.8) is 0 Å². The first kappa shape index (κ1) is 16.7. The second kappa shape index (κ2) is 7.20. The van der Waals surface area contributed by atoms with Gasteiger partial charge in [0.25, 0.3) is 0 Å². The molecule has 0 radical (unpaired) electrons. The van der Waals surface area contributed by atoms with Crippen LogP contribution < -0.4 is 0 Å². The second-order valence-electron chi connectivity index (χ2n) is 6.60. The maximum Gasteiger partial charge on any atom is 0.191 e. The summed E-state index contributed by atoms with van der Waals surface area (Å²) in [5.41, 5.74) is 1.73. The van der Waals surface area contributed by atoms with Crippen LogP contribution in [-0.2, 0) is 11.8 Å². The number of hydrogen-bond acceptors (Lipinski definition) is 5. The fourth-order valence-corrected chi connectivity index (χ4v) is 3.39. The molecular weight excluding hydrogens is 302 g/mol. The minimum Gasteiger partial charge on any atom is -0.388 e. The number of hydrogen-bond donors (Lipinski definition) is 1. The van der Waals surface area contributed by atoms with Gasteiger partial charge in [-0.05, 0) is 38.5 Å². The van der Waals surface area contributed by atoms with Crippen molar-refractivity contribution >= 4 is 5.78 Å². The standard InChI is InChI=1S/C19H23N3O2/c1-22-9-7-19(8-10-22,16-5-3-2-4-6-16)11-18-20-12-15(13-21-18)17(24)14-23/h2-6,12-13,23H,7-11,14H2,1H3. The molecule has 1 saturated heterocycles. The molecule has 0 unspecified atom stereocenters. The lowest BCUT2D eigenvalue weighted by Gasteiger charge is -2.41. The van der Waals surface area contributed by atoms with Gasteiger partial charge in [-0.1, -0.05) is 30.3 Å². The highest BCUT2D eigenvalue weighted by Crippen LogP contribution is 2.37. The van der Waals surface area contributed by atoms with Crippen LogP contribution in [0.25, 0.3) is 0 Å². The van der Waals surface area contributed by atoms with Gasteiger partial charge in [0.15, 0.2) is 5.78 Å². The lowest BCUT2D eigenvalue weighted by Crippen LogP contribution is -2.42. The minimum absolute atomic E-state index is 0.0380. The van der Waals surface area contributed by atoms with Gasteiger partial charge in [0, 0.05) is 24.2 Å². The number of rotatable bonds is 5. The molecule has 1 N–H and O–H groups in total. The molecule has 3 rings (SSSR count). The topological polar surface area (TPSA) is 66.3 Å². The van der Waals surface area contributed by atoms with E-state index in [2.05, 4.69) is 46.2 Å². The molecule has 0 atom stereocenters. The molecule has 2 heterocycles. The van der Waals surface area contributed by atoms with Crippen molar-refractivity contribution in [2.45, 2.75) is 24.7 Å². The van der Waals surface area contributed by atoms with Gasteiger partial charge in [-0.15, -0.1) is 0 Å². The van der Waals surface area contributed by atoms with Gasteiger partial charge in [-0.3, -0.25) is 4.79 Å². The number of nitrogens with zero attached hydrogens (tertiary/aromatic N) is 3. The summed E-state index contributed by atoms with van der Waals surface area (Å²) in [7, 11) is 2.15. The van der Waals surface area contributed by atoms with Crippen LogP contribution in [0.15, 0.2) is 42.7 Å². The SMILES string of the molecule is CN1CCC(Cc2ncc(C(=O)CO)cn2)(c2ccccc2)CC1. The molecule has 1 aliphatic rings. The van der Waals surface area contributed by atoms with E-state index in [0.29, 0.717) is 5.56 Å². The molecule has 5 nitrogen and oxygen atoms in total. The number of aliphatic hydroxyl groups is 1. The Morgan fingerprint density at radius 2 is 1.79 bits per heavy atom. The van der Waals surface area contributed by atoms with E-state index in [1.54, 1.807) is 0 Å². The molecule has 2 aromatic rings. The smallest absolute Gasteiger partial charge is 0.191 e. The minimum atomic E-state index is -0.511. The van der Waals surface area contributed by atoms with E-state index in [9.17, 15) is 4.79 Å². The zero-order valence-corrected chi connectivity index (χ0v) is 14.0. The first-order valence-electron chi connectivity index (χ1n) is 8.32. The van der Waals surface area contributed by atoms with Gasteiger partial charge in [-0.2, -0.15) is 0 Å². The summed E-state index contributed by atoms with van der Waals surface area (Å²) in [6.07, 6.45) is 5.93. The van der Waals surface area contributed by atoms with Gasteiger partial charge in [-0.25, -0.2) is 9.97 Å². The predicted molar refractivity (Wildman–Crippen MR) is 92.0 cm³/mol. The van der Waals surface area contributed by atoms with Gasteiger partial charge < -0.3 is 10.0 Å². The number of likely N-dealkylation sites (tertiary alicyclic amines) is 1. The Labute approximate surface area is 142 Å². The van der Waals surface area contributed by atoms with Gasteiger partial charge >= 0.3 is 0 Å². The molecule has 24 heavy (non-hydrogen) atoms. The van der Waals surface area contributed by atoms with Crippen LogP contribution in [0.3, 0.4) is 0 Å². The van der Waals surface area contributed by atoms with Crippen LogP contribution in [-0.4, -0.2) is 52.5 Å². The van der Waals surface area contributed by atoms with Crippen molar-refractivity contribution in [3.8, 4) is 0 Å². The Kier molecular flexibility index (Phi) is 5.02. The van der Waals surface area contributed by atoms with Crippen molar-refractivity contribution in [2.75, 3.05) is 26.7 Å². The van der Waals surface area contributed by atoms with Crippen LogP contribution in [0.5, 0.6) is 0 Å². The summed E-state index contributed by atoms with van der Waals surface area (Å²) in [6, 6.07) is 10.6. The molecule has 0 aliphatic carbocycles. The zero-order chi connectivity index (χ0) is 17.0. The third-order valence-corrected chi connectivity index (χ3v) is 5.00. The highest BCUT2D eigenvalue weighted by molar-refractivity contribution is 5.96. The van der Waals surface area contributed by atoms with Crippen molar-refractivity contribution in [3.05, 3.63) is 59.7 Å². The fraction of sp³-hybridized carbons (Fsp3) is 0.421. The largest absolute Gasteiger partial charge is 0.388 e. The van der Waals surface area contributed by atoms with Crippen LogP contribution in [0.4, 0.5) is 0 Å². The summed E-state index contributed by atoms with van der Waals surface area (Å²) < 4.78 is 0.